The number of benzene rings is 1. The highest BCUT2D eigenvalue weighted by atomic mass is 16.5. The molecule has 1 aromatic rings. The van der Waals surface area contributed by atoms with E-state index in [0.717, 1.165) is 38.5 Å². The molecule has 4 nitrogen and oxygen atoms in total. The molecule has 0 saturated carbocycles. The van der Waals surface area contributed by atoms with Crippen LogP contribution in [0.15, 0.2) is 24.3 Å². The van der Waals surface area contributed by atoms with Crippen LogP contribution in [0.3, 0.4) is 0 Å². The van der Waals surface area contributed by atoms with Crippen molar-refractivity contribution in [3.05, 3.63) is 29.8 Å². The van der Waals surface area contributed by atoms with Gasteiger partial charge in [0.05, 0.1) is 20.3 Å². The highest BCUT2D eigenvalue weighted by Gasteiger charge is 2.24. The van der Waals surface area contributed by atoms with E-state index in [9.17, 15) is 0 Å². The van der Waals surface area contributed by atoms with Gasteiger partial charge in [0, 0.05) is 24.7 Å². The Labute approximate surface area is 109 Å². The quantitative estimate of drug-likeness (QED) is 0.858. The van der Waals surface area contributed by atoms with Crippen molar-refractivity contribution in [1.29, 1.82) is 0 Å². The molecule has 4 heteroatoms. The Morgan fingerprint density at radius 1 is 1.33 bits per heavy atom. The molecule has 0 aliphatic carbocycles. The first-order valence-electron chi connectivity index (χ1n) is 6.51. The van der Waals surface area contributed by atoms with Crippen molar-refractivity contribution in [3.8, 4) is 5.75 Å². The third kappa shape index (κ3) is 3.02. The standard InChI is InChI=1S/C14H22N2O2/c1-17-14-5-3-2-4-12(14)13(6-7-15)16-8-10-18-11-9-16/h2-5,13H,6-11,15H2,1H3. The van der Waals surface area contributed by atoms with Gasteiger partial charge in [-0.2, -0.15) is 0 Å². The zero-order valence-electron chi connectivity index (χ0n) is 11.0. The molecule has 100 valence electrons. The van der Waals surface area contributed by atoms with Gasteiger partial charge in [0.2, 0.25) is 0 Å². The molecule has 1 heterocycles. The first-order chi connectivity index (χ1) is 8.86. The lowest BCUT2D eigenvalue weighted by atomic mass is 10.0. The van der Waals surface area contributed by atoms with Crippen LogP contribution in [0.25, 0.3) is 0 Å². The Hall–Kier alpha value is -1.10. The highest BCUT2D eigenvalue weighted by Crippen LogP contribution is 2.31. The third-order valence-electron chi connectivity index (χ3n) is 3.42. The van der Waals surface area contributed by atoms with Crippen LogP contribution in [0.1, 0.15) is 18.0 Å². The number of rotatable bonds is 5. The lowest BCUT2D eigenvalue weighted by Crippen LogP contribution is -2.39. The van der Waals surface area contributed by atoms with Gasteiger partial charge < -0.3 is 15.2 Å². The molecular weight excluding hydrogens is 228 g/mol. The number of ether oxygens (including phenoxy) is 2. The Kier molecular flexibility index (Phi) is 4.99. The normalized spacial score (nSPS) is 18.6. The summed E-state index contributed by atoms with van der Waals surface area (Å²) in [5, 5.41) is 0. The van der Waals surface area contributed by atoms with Crippen molar-refractivity contribution in [1.82, 2.24) is 4.90 Å². The van der Waals surface area contributed by atoms with Crippen LogP contribution >= 0.6 is 0 Å². The van der Waals surface area contributed by atoms with Crippen molar-refractivity contribution < 1.29 is 9.47 Å². The smallest absolute Gasteiger partial charge is 0.123 e. The molecule has 18 heavy (non-hydrogen) atoms. The maximum atomic E-state index is 5.77. The number of morpholine rings is 1. The molecule has 0 spiro atoms. The van der Waals surface area contributed by atoms with E-state index in [2.05, 4.69) is 17.0 Å². The van der Waals surface area contributed by atoms with Crippen LogP contribution in [0.4, 0.5) is 0 Å². The number of methoxy groups -OCH3 is 1. The van der Waals surface area contributed by atoms with E-state index < -0.39 is 0 Å². The fourth-order valence-corrected chi connectivity index (χ4v) is 2.52. The maximum absolute atomic E-state index is 5.77. The number of hydrogen-bond acceptors (Lipinski definition) is 4. The molecule has 2 N–H and O–H groups in total. The molecule has 1 atom stereocenters. The Morgan fingerprint density at radius 2 is 2.06 bits per heavy atom. The van der Waals surface area contributed by atoms with Gasteiger partial charge in [-0.25, -0.2) is 0 Å². The molecule has 0 radical (unpaired) electrons. The van der Waals surface area contributed by atoms with E-state index in [-0.39, 0.29) is 0 Å². The van der Waals surface area contributed by atoms with Crippen molar-refractivity contribution >= 4 is 0 Å². The van der Waals surface area contributed by atoms with Crippen LogP contribution in [-0.4, -0.2) is 44.9 Å². The Morgan fingerprint density at radius 3 is 2.72 bits per heavy atom. The number of para-hydroxylation sites is 1. The van der Waals surface area contributed by atoms with E-state index in [1.54, 1.807) is 7.11 Å². The van der Waals surface area contributed by atoms with Crippen molar-refractivity contribution in [2.45, 2.75) is 12.5 Å². The van der Waals surface area contributed by atoms with Gasteiger partial charge in [-0.3, -0.25) is 4.90 Å². The van der Waals surface area contributed by atoms with E-state index in [0.29, 0.717) is 12.6 Å². The minimum absolute atomic E-state index is 0.329. The second kappa shape index (κ2) is 6.73. The highest BCUT2D eigenvalue weighted by molar-refractivity contribution is 5.36. The SMILES string of the molecule is COc1ccccc1C(CCN)N1CCOCC1. The van der Waals surface area contributed by atoms with Crippen molar-refractivity contribution in [2.24, 2.45) is 5.73 Å². The van der Waals surface area contributed by atoms with Gasteiger partial charge in [0.1, 0.15) is 5.75 Å². The zero-order chi connectivity index (χ0) is 12.8. The van der Waals surface area contributed by atoms with Crippen LogP contribution in [-0.2, 0) is 4.74 Å². The van der Waals surface area contributed by atoms with E-state index in [1.807, 2.05) is 12.1 Å². The molecule has 1 fully saturated rings. The summed E-state index contributed by atoms with van der Waals surface area (Å²) >= 11 is 0. The molecule has 1 unspecified atom stereocenters. The fraction of sp³-hybridized carbons (Fsp3) is 0.571. The second-order valence-electron chi connectivity index (χ2n) is 4.48. The topological polar surface area (TPSA) is 47.7 Å². The summed E-state index contributed by atoms with van der Waals surface area (Å²) in [4.78, 5) is 2.44. The van der Waals surface area contributed by atoms with Gasteiger partial charge >= 0.3 is 0 Å². The molecule has 1 aliphatic heterocycles. The van der Waals surface area contributed by atoms with Gasteiger partial charge in [-0.05, 0) is 19.0 Å². The minimum Gasteiger partial charge on any atom is -0.496 e. The van der Waals surface area contributed by atoms with Crippen molar-refractivity contribution in [3.63, 3.8) is 0 Å². The van der Waals surface area contributed by atoms with Gasteiger partial charge in [-0.15, -0.1) is 0 Å². The average Bonchev–Trinajstić information content (AvgIpc) is 2.46. The molecule has 0 aromatic heterocycles. The predicted molar refractivity (Wildman–Crippen MR) is 71.8 cm³/mol. The molecule has 1 aliphatic rings. The van der Waals surface area contributed by atoms with Gasteiger partial charge in [0.25, 0.3) is 0 Å². The lowest BCUT2D eigenvalue weighted by molar-refractivity contribution is 0.0142. The third-order valence-corrected chi connectivity index (χ3v) is 3.42. The molecule has 1 aromatic carbocycles. The average molecular weight is 250 g/mol. The summed E-state index contributed by atoms with van der Waals surface area (Å²) in [6.07, 6.45) is 0.945. The lowest BCUT2D eigenvalue weighted by Gasteiger charge is -2.35. The monoisotopic (exact) mass is 250 g/mol. The summed E-state index contributed by atoms with van der Waals surface area (Å²) < 4.78 is 10.9. The molecule has 2 rings (SSSR count). The van der Waals surface area contributed by atoms with E-state index in [1.165, 1.54) is 5.56 Å². The predicted octanol–water partition coefficient (Wildman–Crippen LogP) is 1.42. The summed E-state index contributed by atoms with van der Waals surface area (Å²) in [6, 6.07) is 8.53. The zero-order valence-corrected chi connectivity index (χ0v) is 11.0. The summed E-state index contributed by atoms with van der Waals surface area (Å²) in [6.45, 7) is 4.21. The Bertz CT molecular complexity index is 365. The summed E-state index contributed by atoms with van der Waals surface area (Å²) in [5.41, 5.74) is 7.00. The largest absolute Gasteiger partial charge is 0.496 e. The van der Waals surface area contributed by atoms with Gasteiger partial charge in [0.15, 0.2) is 0 Å². The van der Waals surface area contributed by atoms with Crippen LogP contribution in [0.2, 0.25) is 0 Å². The molecule has 0 bridgehead atoms. The Balaban J connectivity index is 2.22. The molecular formula is C14H22N2O2. The maximum Gasteiger partial charge on any atom is 0.123 e. The first kappa shape index (κ1) is 13.3. The van der Waals surface area contributed by atoms with Crippen LogP contribution in [0, 0.1) is 0 Å². The van der Waals surface area contributed by atoms with E-state index in [4.69, 9.17) is 15.2 Å². The van der Waals surface area contributed by atoms with Gasteiger partial charge in [-0.1, -0.05) is 18.2 Å². The van der Waals surface area contributed by atoms with Crippen LogP contribution < -0.4 is 10.5 Å². The molecule has 0 amide bonds. The molecule has 1 saturated heterocycles. The first-order valence-corrected chi connectivity index (χ1v) is 6.51. The minimum atomic E-state index is 0.329. The van der Waals surface area contributed by atoms with Crippen molar-refractivity contribution in [2.75, 3.05) is 40.0 Å². The second-order valence-corrected chi connectivity index (χ2v) is 4.48. The number of nitrogens with zero attached hydrogens (tertiary/aromatic N) is 1. The van der Waals surface area contributed by atoms with Crippen LogP contribution in [0.5, 0.6) is 5.75 Å². The summed E-state index contributed by atoms with van der Waals surface area (Å²) in [7, 11) is 1.72. The summed E-state index contributed by atoms with van der Waals surface area (Å²) in [5.74, 6) is 0.947. The number of hydrogen-bond donors (Lipinski definition) is 1. The number of nitrogens with two attached hydrogens (primary N) is 1. The fourth-order valence-electron chi connectivity index (χ4n) is 2.52. The van der Waals surface area contributed by atoms with E-state index >= 15 is 0 Å².